The first-order valence-corrected chi connectivity index (χ1v) is 9.46. The smallest absolute Gasteiger partial charge is 0.0402 e. The first kappa shape index (κ1) is 23.0. The molecule has 2 aliphatic carbocycles. The van der Waals surface area contributed by atoms with Crippen molar-refractivity contribution in [3.8, 4) is 0 Å². The quantitative estimate of drug-likeness (QED) is 0.692. The molecule has 0 aliphatic heterocycles. The van der Waals surface area contributed by atoms with E-state index >= 15 is 0 Å². The summed E-state index contributed by atoms with van der Waals surface area (Å²) < 4.78 is 0. The van der Waals surface area contributed by atoms with Gasteiger partial charge in [-0.15, -0.1) is 5.41 Å². The van der Waals surface area contributed by atoms with Crippen LogP contribution in [-0.2, 0) is 49.3 Å². The molecular weight excluding hydrogens is 385 g/mol. The topological polar surface area (TPSA) is 37.3 Å². The molecule has 3 unspecified atom stereocenters. The van der Waals surface area contributed by atoms with Crippen molar-refractivity contribution < 1.29 is 42.6 Å². The van der Waals surface area contributed by atoms with E-state index in [-0.39, 0.29) is 50.1 Å². The van der Waals surface area contributed by atoms with E-state index in [0.717, 1.165) is 25.7 Å². The molecule has 2 nitrogen and oxygen atoms in total. The Labute approximate surface area is 179 Å². The third-order valence-corrected chi connectivity index (χ3v) is 6.28. The molecule has 1 radical (unpaired) electrons. The number of rotatable bonds is 2. The van der Waals surface area contributed by atoms with Crippen LogP contribution in [0, 0.1) is 11.3 Å². The van der Waals surface area contributed by atoms with Crippen molar-refractivity contribution in [3.63, 3.8) is 0 Å². The molecule has 3 atom stereocenters. The van der Waals surface area contributed by atoms with E-state index in [2.05, 4.69) is 52.2 Å². The SMILES string of the molecule is CC(C)c1ccc2c(c1)CCC1C(C)([C-]=O)CCCC21C.CCO.[Y]. The summed E-state index contributed by atoms with van der Waals surface area (Å²) in [5.41, 5.74) is 4.38. The third kappa shape index (κ3) is 4.45. The van der Waals surface area contributed by atoms with Crippen molar-refractivity contribution in [2.24, 2.45) is 11.3 Å². The fourth-order valence-electron chi connectivity index (χ4n) is 4.99. The van der Waals surface area contributed by atoms with Crippen LogP contribution in [0.1, 0.15) is 82.9 Å². The maximum Gasteiger partial charge on any atom is 0.0402 e. The third-order valence-electron chi connectivity index (χ3n) is 6.28. The summed E-state index contributed by atoms with van der Waals surface area (Å²) in [5.74, 6) is 1.04. The summed E-state index contributed by atoms with van der Waals surface area (Å²) in [6.45, 7) is 11.0. The van der Waals surface area contributed by atoms with E-state index in [0.29, 0.717) is 11.8 Å². The monoisotopic (exact) mass is 418 g/mol. The van der Waals surface area contributed by atoms with Gasteiger partial charge in [0.1, 0.15) is 0 Å². The normalized spacial score (nSPS) is 30.3. The summed E-state index contributed by atoms with van der Waals surface area (Å²) >= 11 is 0. The van der Waals surface area contributed by atoms with E-state index in [4.69, 9.17) is 5.11 Å². The Bertz CT molecular complexity index is 583. The second kappa shape index (κ2) is 9.24. The van der Waals surface area contributed by atoms with Gasteiger partial charge in [0.05, 0.1) is 0 Å². The number of fused-ring (bicyclic) bond motifs is 3. The van der Waals surface area contributed by atoms with Crippen LogP contribution in [0.2, 0.25) is 0 Å². The Hall–Kier alpha value is -0.0461. The van der Waals surface area contributed by atoms with Crippen LogP contribution in [0.3, 0.4) is 0 Å². The molecule has 1 aromatic rings. The number of carbonyl (C=O) groups excluding carboxylic acids is 1. The Morgan fingerprint density at radius 2 is 1.92 bits per heavy atom. The molecule has 1 N–H and O–H groups in total. The molecule has 0 spiro atoms. The van der Waals surface area contributed by atoms with Gasteiger partial charge in [-0.1, -0.05) is 64.7 Å². The zero-order valence-electron chi connectivity index (χ0n) is 16.6. The van der Waals surface area contributed by atoms with Crippen LogP contribution in [0.4, 0.5) is 0 Å². The van der Waals surface area contributed by atoms with Crippen molar-refractivity contribution in [1.29, 1.82) is 0 Å². The largest absolute Gasteiger partial charge is 0.541 e. The molecular formula is C22H33O2Y-. The summed E-state index contributed by atoms with van der Waals surface area (Å²) in [4.78, 5) is 11.6. The van der Waals surface area contributed by atoms with Crippen LogP contribution in [0.5, 0.6) is 0 Å². The van der Waals surface area contributed by atoms with Crippen molar-refractivity contribution >= 4 is 6.29 Å². The summed E-state index contributed by atoms with van der Waals surface area (Å²) in [7, 11) is 0. The molecule has 2 aliphatic rings. The molecule has 1 saturated carbocycles. The predicted molar refractivity (Wildman–Crippen MR) is 100 cm³/mol. The number of aryl methyl sites for hydroxylation is 1. The molecule has 25 heavy (non-hydrogen) atoms. The molecule has 1 fully saturated rings. The second-order valence-electron chi connectivity index (χ2n) is 8.27. The number of benzene rings is 1. The predicted octanol–water partition coefficient (Wildman–Crippen LogP) is 4.93. The minimum absolute atomic E-state index is 0. The maximum atomic E-state index is 11.6. The zero-order valence-corrected chi connectivity index (χ0v) is 19.4. The molecule has 137 valence electrons. The van der Waals surface area contributed by atoms with Crippen molar-refractivity contribution in [2.75, 3.05) is 6.61 Å². The number of hydrogen-bond acceptors (Lipinski definition) is 2. The fourth-order valence-corrected chi connectivity index (χ4v) is 4.99. The maximum absolute atomic E-state index is 11.6. The Balaban J connectivity index is 0.000000730. The van der Waals surface area contributed by atoms with Crippen LogP contribution in [-0.4, -0.2) is 18.0 Å². The first-order valence-electron chi connectivity index (χ1n) is 9.46. The average molecular weight is 418 g/mol. The van der Waals surface area contributed by atoms with E-state index in [1.165, 1.54) is 23.1 Å². The molecule has 1 aromatic carbocycles. The van der Waals surface area contributed by atoms with E-state index in [1.54, 1.807) is 6.92 Å². The summed E-state index contributed by atoms with van der Waals surface area (Å²) in [6, 6.07) is 7.07. The van der Waals surface area contributed by atoms with Crippen LogP contribution in [0.15, 0.2) is 18.2 Å². The van der Waals surface area contributed by atoms with Gasteiger partial charge in [-0.2, -0.15) is 0 Å². The van der Waals surface area contributed by atoms with E-state index in [9.17, 15) is 4.79 Å². The molecule has 3 heteroatoms. The Morgan fingerprint density at radius 1 is 1.28 bits per heavy atom. The van der Waals surface area contributed by atoms with Crippen molar-refractivity contribution in [1.82, 2.24) is 0 Å². The van der Waals surface area contributed by atoms with Gasteiger partial charge in [-0.05, 0) is 54.2 Å². The molecule has 0 amide bonds. The van der Waals surface area contributed by atoms with Crippen molar-refractivity contribution in [2.45, 2.75) is 78.1 Å². The average Bonchev–Trinajstić information content (AvgIpc) is 2.55. The van der Waals surface area contributed by atoms with Gasteiger partial charge in [0, 0.05) is 39.3 Å². The van der Waals surface area contributed by atoms with Crippen LogP contribution >= 0.6 is 0 Å². The Morgan fingerprint density at radius 3 is 2.48 bits per heavy atom. The molecule has 0 aromatic heterocycles. The minimum Gasteiger partial charge on any atom is -0.541 e. The summed E-state index contributed by atoms with van der Waals surface area (Å²) in [5, 5.41) is 7.57. The molecule has 0 bridgehead atoms. The number of aliphatic hydroxyl groups is 1. The van der Waals surface area contributed by atoms with Gasteiger partial charge < -0.3 is 9.90 Å². The molecule has 0 saturated heterocycles. The van der Waals surface area contributed by atoms with Crippen LogP contribution < -0.4 is 0 Å². The van der Waals surface area contributed by atoms with Gasteiger partial charge in [0.15, 0.2) is 0 Å². The number of aliphatic hydroxyl groups excluding tert-OH is 1. The van der Waals surface area contributed by atoms with Gasteiger partial charge in [-0.3, -0.25) is 6.29 Å². The Kier molecular flexibility index (Phi) is 8.50. The number of hydrogen-bond donors (Lipinski definition) is 1. The second-order valence-corrected chi connectivity index (χ2v) is 8.27. The van der Waals surface area contributed by atoms with Gasteiger partial charge in [0.2, 0.25) is 0 Å². The van der Waals surface area contributed by atoms with E-state index in [1.807, 2.05) is 0 Å². The standard InChI is InChI=1S/C20H27O.C2H6O.Y/c1-14(2)15-6-8-17-16(12-15)7-9-18-19(3,13-21)10-5-11-20(17,18)4;1-2-3;/h6,8,12,14,18H,5,7,9-11H2,1-4H3;3H,2H2,1H3;/q-1;;. The summed E-state index contributed by atoms with van der Waals surface area (Å²) in [6.07, 6.45) is 8.03. The molecule has 3 rings (SSSR count). The van der Waals surface area contributed by atoms with E-state index < -0.39 is 0 Å². The fraction of sp³-hybridized carbons (Fsp3) is 0.682. The van der Waals surface area contributed by atoms with Gasteiger partial charge in [0.25, 0.3) is 0 Å². The first-order chi connectivity index (χ1) is 11.3. The minimum atomic E-state index is -0.249. The van der Waals surface area contributed by atoms with Gasteiger partial charge >= 0.3 is 0 Å². The van der Waals surface area contributed by atoms with Crippen molar-refractivity contribution in [3.05, 3.63) is 34.9 Å². The van der Waals surface area contributed by atoms with Gasteiger partial charge in [-0.25, -0.2) is 0 Å². The molecule has 0 heterocycles. The zero-order chi connectivity index (χ0) is 18.0. The van der Waals surface area contributed by atoms with Crippen LogP contribution in [0.25, 0.3) is 0 Å².